The van der Waals surface area contributed by atoms with Crippen LogP contribution >= 0.6 is 15.9 Å². The molecule has 2 aromatic rings. The second-order valence-corrected chi connectivity index (χ2v) is 5.95. The first-order chi connectivity index (χ1) is 10.5. The van der Waals surface area contributed by atoms with Crippen LogP contribution in [0, 0.1) is 18.3 Å². The van der Waals surface area contributed by atoms with Crippen LogP contribution in [0.2, 0.25) is 0 Å². The number of aryl methyl sites for hydroxylation is 1. The van der Waals surface area contributed by atoms with Gasteiger partial charge in [-0.1, -0.05) is 28.1 Å². The van der Waals surface area contributed by atoms with Crippen LogP contribution in [0.1, 0.15) is 22.7 Å². The molecule has 1 aromatic carbocycles. The fraction of sp³-hybridized carbons (Fsp3) is 0.125. The van der Waals surface area contributed by atoms with Crippen molar-refractivity contribution in [3.8, 4) is 11.8 Å². The van der Waals surface area contributed by atoms with Crippen molar-refractivity contribution in [3.63, 3.8) is 0 Å². The smallest absolute Gasteiger partial charge is 0.256 e. The van der Waals surface area contributed by atoms with Gasteiger partial charge >= 0.3 is 0 Å². The summed E-state index contributed by atoms with van der Waals surface area (Å²) < 4.78 is 6.34. The summed E-state index contributed by atoms with van der Waals surface area (Å²) in [5, 5.41) is 9.44. The predicted octanol–water partition coefficient (Wildman–Crippen LogP) is 2.66. The average Bonchev–Trinajstić information content (AvgIpc) is 2.45. The Balaban J connectivity index is 2.32. The van der Waals surface area contributed by atoms with E-state index < -0.39 is 5.92 Å². The number of hydrogen-bond donors (Lipinski definition) is 2. The van der Waals surface area contributed by atoms with E-state index in [0.717, 1.165) is 10.0 Å². The van der Waals surface area contributed by atoms with Gasteiger partial charge in [0.2, 0.25) is 5.88 Å². The minimum atomic E-state index is -0.546. The van der Waals surface area contributed by atoms with Crippen molar-refractivity contribution in [2.75, 3.05) is 0 Å². The second kappa shape index (κ2) is 5.35. The molecule has 0 radical (unpaired) electrons. The summed E-state index contributed by atoms with van der Waals surface area (Å²) in [6.45, 7) is 1.76. The number of allylic oxidation sites excluding steroid dienone is 1. The molecule has 3 N–H and O–H groups in total. The van der Waals surface area contributed by atoms with Crippen molar-refractivity contribution < 1.29 is 4.74 Å². The van der Waals surface area contributed by atoms with Gasteiger partial charge in [-0.3, -0.25) is 4.79 Å². The minimum absolute atomic E-state index is 0.0324. The van der Waals surface area contributed by atoms with E-state index in [1.165, 1.54) is 0 Å². The van der Waals surface area contributed by atoms with Crippen molar-refractivity contribution >= 4 is 15.9 Å². The predicted molar refractivity (Wildman–Crippen MR) is 85.2 cm³/mol. The molecular formula is C16H12BrN3O2. The highest BCUT2D eigenvalue weighted by Gasteiger charge is 2.33. The number of halogens is 1. The minimum Gasteiger partial charge on any atom is -0.440 e. The molecule has 1 atom stereocenters. The highest BCUT2D eigenvalue weighted by atomic mass is 79.9. The van der Waals surface area contributed by atoms with E-state index in [4.69, 9.17) is 10.5 Å². The molecule has 6 heteroatoms. The lowest BCUT2D eigenvalue weighted by Gasteiger charge is -2.25. The van der Waals surface area contributed by atoms with Crippen LogP contribution in [0.5, 0.6) is 5.75 Å². The van der Waals surface area contributed by atoms with Crippen LogP contribution in [-0.4, -0.2) is 4.98 Å². The third-order valence-electron chi connectivity index (χ3n) is 3.53. The molecule has 0 aliphatic carbocycles. The van der Waals surface area contributed by atoms with E-state index in [9.17, 15) is 10.1 Å². The first-order valence-corrected chi connectivity index (χ1v) is 7.37. The summed E-state index contributed by atoms with van der Waals surface area (Å²) in [4.78, 5) is 15.2. The van der Waals surface area contributed by atoms with Crippen LogP contribution in [0.3, 0.4) is 0 Å². The number of nitriles is 1. The van der Waals surface area contributed by atoms with Crippen molar-refractivity contribution in [1.82, 2.24) is 4.98 Å². The highest BCUT2D eigenvalue weighted by molar-refractivity contribution is 9.10. The standard InChI is InChI=1S/C16H12BrN3O2/c1-8-5-12-14(16(21)20-8)13(11(7-18)15(19)22-12)9-3-2-4-10(17)6-9/h2-6,13H,19H2,1H3,(H,20,21)/t13-/m1/s1. The first kappa shape index (κ1) is 14.4. The molecule has 0 unspecified atom stereocenters. The van der Waals surface area contributed by atoms with E-state index in [0.29, 0.717) is 17.0 Å². The average molecular weight is 358 g/mol. The highest BCUT2D eigenvalue weighted by Crippen LogP contribution is 2.40. The lowest BCUT2D eigenvalue weighted by atomic mass is 9.84. The fourth-order valence-corrected chi connectivity index (χ4v) is 3.04. The monoisotopic (exact) mass is 357 g/mol. The number of aromatic nitrogens is 1. The zero-order valence-electron chi connectivity index (χ0n) is 11.7. The largest absolute Gasteiger partial charge is 0.440 e. The first-order valence-electron chi connectivity index (χ1n) is 6.58. The summed E-state index contributed by atoms with van der Waals surface area (Å²) in [6, 6.07) is 11.2. The SMILES string of the molecule is Cc1cc2c(c(=O)[nH]1)[C@H](c1cccc(Br)c1)C(C#N)=C(N)O2. The van der Waals surface area contributed by atoms with Crippen molar-refractivity contribution in [3.05, 3.63) is 73.4 Å². The molecule has 5 nitrogen and oxygen atoms in total. The molecule has 1 aromatic heterocycles. The van der Waals surface area contributed by atoms with Gasteiger partial charge in [-0.25, -0.2) is 0 Å². The maximum absolute atomic E-state index is 12.4. The molecule has 0 spiro atoms. The Hall–Kier alpha value is -2.52. The van der Waals surface area contributed by atoms with Crippen LogP contribution in [-0.2, 0) is 0 Å². The molecule has 110 valence electrons. The third kappa shape index (κ3) is 2.30. The second-order valence-electron chi connectivity index (χ2n) is 5.04. The summed E-state index contributed by atoms with van der Waals surface area (Å²) in [5.41, 5.74) is 7.71. The van der Waals surface area contributed by atoms with E-state index in [1.54, 1.807) is 13.0 Å². The topological polar surface area (TPSA) is 91.9 Å². The van der Waals surface area contributed by atoms with Crippen LogP contribution < -0.4 is 16.0 Å². The molecular weight excluding hydrogens is 346 g/mol. The Bertz CT molecular complexity index is 893. The lowest BCUT2D eigenvalue weighted by Crippen LogP contribution is -2.28. The van der Waals surface area contributed by atoms with Gasteiger partial charge in [-0.05, 0) is 24.6 Å². The van der Waals surface area contributed by atoms with E-state index in [2.05, 4.69) is 27.0 Å². The molecule has 0 fully saturated rings. The molecule has 0 saturated carbocycles. The maximum Gasteiger partial charge on any atom is 0.256 e. The van der Waals surface area contributed by atoms with Gasteiger partial charge in [0.15, 0.2) is 0 Å². The zero-order chi connectivity index (χ0) is 15.9. The Labute approximate surface area is 135 Å². The quantitative estimate of drug-likeness (QED) is 0.820. The summed E-state index contributed by atoms with van der Waals surface area (Å²) in [7, 11) is 0. The van der Waals surface area contributed by atoms with Crippen LogP contribution in [0.25, 0.3) is 0 Å². The number of rotatable bonds is 1. The van der Waals surface area contributed by atoms with E-state index in [-0.39, 0.29) is 17.0 Å². The Morgan fingerprint density at radius 2 is 2.18 bits per heavy atom. The summed E-state index contributed by atoms with van der Waals surface area (Å²) >= 11 is 3.41. The lowest BCUT2D eigenvalue weighted by molar-refractivity contribution is 0.391. The normalized spacial score (nSPS) is 16.7. The number of pyridine rings is 1. The number of hydrogen-bond acceptors (Lipinski definition) is 4. The van der Waals surface area contributed by atoms with Crippen molar-refractivity contribution in [2.45, 2.75) is 12.8 Å². The zero-order valence-corrected chi connectivity index (χ0v) is 13.3. The van der Waals surface area contributed by atoms with Gasteiger partial charge in [0, 0.05) is 16.2 Å². The van der Waals surface area contributed by atoms with E-state index >= 15 is 0 Å². The Kier molecular flexibility index (Phi) is 3.51. The van der Waals surface area contributed by atoms with Gasteiger partial charge in [0.05, 0.1) is 11.5 Å². The number of H-pyrrole nitrogens is 1. The fourth-order valence-electron chi connectivity index (χ4n) is 2.63. The van der Waals surface area contributed by atoms with Gasteiger partial charge < -0.3 is 15.5 Å². The summed E-state index contributed by atoms with van der Waals surface area (Å²) in [5.74, 6) is -0.122. The number of ether oxygens (including phenoxy) is 1. The number of benzene rings is 1. The number of aromatic amines is 1. The summed E-state index contributed by atoms with van der Waals surface area (Å²) in [6.07, 6.45) is 0. The maximum atomic E-state index is 12.4. The molecule has 0 saturated heterocycles. The van der Waals surface area contributed by atoms with Gasteiger partial charge in [0.25, 0.3) is 5.56 Å². The number of nitrogens with one attached hydrogen (secondary N) is 1. The molecule has 0 amide bonds. The van der Waals surface area contributed by atoms with Gasteiger partial charge in [0.1, 0.15) is 17.4 Å². The molecule has 22 heavy (non-hydrogen) atoms. The number of fused-ring (bicyclic) bond motifs is 1. The van der Waals surface area contributed by atoms with Crippen molar-refractivity contribution in [2.24, 2.45) is 5.73 Å². The molecule has 2 heterocycles. The van der Waals surface area contributed by atoms with Crippen LogP contribution in [0.15, 0.2) is 51.1 Å². The third-order valence-corrected chi connectivity index (χ3v) is 4.03. The number of nitrogens with zero attached hydrogens (tertiary/aromatic N) is 1. The van der Waals surface area contributed by atoms with Gasteiger partial charge in [-0.15, -0.1) is 0 Å². The molecule has 0 bridgehead atoms. The van der Waals surface area contributed by atoms with Crippen LogP contribution in [0.4, 0.5) is 0 Å². The molecule has 1 aliphatic rings. The Morgan fingerprint density at radius 1 is 1.41 bits per heavy atom. The van der Waals surface area contributed by atoms with E-state index in [1.807, 2.05) is 24.3 Å². The molecule has 3 rings (SSSR count). The Morgan fingerprint density at radius 3 is 2.86 bits per heavy atom. The number of nitrogens with two attached hydrogens (primary N) is 1. The van der Waals surface area contributed by atoms with Gasteiger partial charge in [-0.2, -0.15) is 5.26 Å². The van der Waals surface area contributed by atoms with Crippen molar-refractivity contribution in [1.29, 1.82) is 5.26 Å². The molecule has 1 aliphatic heterocycles.